The van der Waals surface area contributed by atoms with E-state index in [1.165, 1.54) is 0 Å². The van der Waals surface area contributed by atoms with E-state index in [0.29, 0.717) is 44.2 Å². The van der Waals surface area contributed by atoms with Crippen LogP contribution in [0.3, 0.4) is 0 Å². The highest BCUT2D eigenvalue weighted by Gasteiger charge is 2.35. The van der Waals surface area contributed by atoms with Crippen molar-refractivity contribution in [1.29, 1.82) is 0 Å². The topological polar surface area (TPSA) is 156 Å². The number of hydrogen-bond acceptors (Lipinski definition) is 5. The van der Waals surface area contributed by atoms with Gasteiger partial charge < -0.3 is 27.4 Å². The highest BCUT2D eigenvalue weighted by atomic mass is 16.2. The summed E-state index contributed by atoms with van der Waals surface area (Å²) in [6, 6.07) is 15.9. The number of amides is 4. The Balaban J connectivity index is 1.75. The van der Waals surface area contributed by atoms with Crippen LogP contribution in [-0.2, 0) is 20.8 Å². The van der Waals surface area contributed by atoms with Gasteiger partial charge >= 0.3 is 0 Å². The fraction of sp³-hybridized carbons (Fsp3) is 0.429. The van der Waals surface area contributed by atoms with Gasteiger partial charge in [0.1, 0.15) is 12.1 Å². The largest absolute Gasteiger partial charge is 0.369 e. The Bertz CT molecular complexity index is 1050. The molecule has 0 spiro atoms. The molecule has 4 atom stereocenters. The summed E-state index contributed by atoms with van der Waals surface area (Å²) < 4.78 is 0. The molecule has 4 amide bonds. The van der Waals surface area contributed by atoms with Crippen LogP contribution in [0.25, 0.3) is 0 Å². The Kier molecular flexibility index (Phi) is 10.6. The highest BCUT2D eigenvalue weighted by Crippen LogP contribution is 2.25. The number of nitrogens with two attached hydrogens (primary N) is 2. The fourth-order valence-electron chi connectivity index (χ4n) is 4.68. The summed E-state index contributed by atoms with van der Waals surface area (Å²) in [5.74, 6) is -2.05. The molecular weight excluding hydrogens is 470 g/mol. The van der Waals surface area contributed by atoms with Gasteiger partial charge in [0, 0.05) is 18.0 Å². The number of carbonyl (C=O) groups excluding carboxylic acids is 4. The minimum atomic E-state index is -0.898. The molecular formula is C28H37N5O4. The van der Waals surface area contributed by atoms with Gasteiger partial charge in [0.25, 0.3) is 5.91 Å². The SMILES string of the molecule is NCCCC[C@H](NC(=O)[C@H](Cc1ccccc1)NC(=O)c1ccccc1)C(=O)N[C@H]1CCC[C@H]1C(N)=O. The molecule has 1 fully saturated rings. The normalized spacial score (nSPS) is 18.4. The molecule has 0 radical (unpaired) electrons. The highest BCUT2D eigenvalue weighted by molar-refractivity contribution is 5.98. The van der Waals surface area contributed by atoms with Crippen molar-refractivity contribution in [2.45, 2.75) is 63.1 Å². The number of unbranched alkanes of at least 4 members (excludes halogenated alkanes) is 1. The third kappa shape index (κ3) is 8.42. The minimum Gasteiger partial charge on any atom is -0.369 e. The van der Waals surface area contributed by atoms with E-state index in [0.717, 1.165) is 12.0 Å². The van der Waals surface area contributed by atoms with Gasteiger partial charge in [-0.05, 0) is 56.3 Å². The Morgan fingerprint density at radius 1 is 0.838 bits per heavy atom. The van der Waals surface area contributed by atoms with Crippen molar-refractivity contribution in [2.24, 2.45) is 17.4 Å². The van der Waals surface area contributed by atoms with E-state index in [2.05, 4.69) is 16.0 Å². The first kappa shape index (κ1) is 27.9. The summed E-state index contributed by atoms with van der Waals surface area (Å²) in [6.07, 6.45) is 4.07. The summed E-state index contributed by atoms with van der Waals surface area (Å²) in [7, 11) is 0. The zero-order valence-electron chi connectivity index (χ0n) is 21.0. The quantitative estimate of drug-likeness (QED) is 0.259. The molecule has 1 saturated carbocycles. The molecule has 7 N–H and O–H groups in total. The molecule has 0 unspecified atom stereocenters. The monoisotopic (exact) mass is 507 g/mol. The molecule has 198 valence electrons. The summed E-state index contributed by atoms with van der Waals surface area (Å²) in [4.78, 5) is 51.4. The summed E-state index contributed by atoms with van der Waals surface area (Å²) in [5, 5.41) is 8.60. The van der Waals surface area contributed by atoms with Crippen molar-refractivity contribution in [2.75, 3.05) is 6.54 Å². The van der Waals surface area contributed by atoms with Crippen LogP contribution in [0.2, 0.25) is 0 Å². The van der Waals surface area contributed by atoms with E-state index in [1.807, 2.05) is 36.4 Å². The van der Waals surface area contributed by atoms with Crippen molar-refractivity contribution in [3.8, 4) is 0 Å². The molecule has 1 aliphatic rings. The van der Waals surface area contributed by atoms with E-state index in [1.54, 1.807) is 24.3 Å². The predicted octanol–water partition coefficient (Wildman–Crippen LogP) is 1.41. The van der Waals surface area contributed by atoms with Crippen LogP contribution < -0.4 is 27.4 Å². The predicted molar refractivity (Wildman–Crippen MR) is 141 cm³/mol. The number of carbonyl (C=O) groups is 4. The fourth-order valence-corrected chi connectivity index (χ4v) is 4.68. The van der Waals surface area contributed by atoms with Gasteiger partial charge in [0.05, 0.1) is 5.92 Å². The van der Waals surface area contributed by atoms with E-state index < -0.39 is 29.8 Å². The molecule has 3 rings (SSSR count). The zero-order chi connectivity index (χ0) is 26.6. The van der Waals surface area contributed by atoms with Crippen molar-refractivity contribution in [3.63, 3.8) is 0 Å². The molecule has 2 aromatic carbocycles. The Morgan fingerprint density at radius 2 is 1.51 bits per heavy atom. The third-order valence-corrected chi connectivity index (χ3v) is 6.73. The average molecular weight is 508 g/mol. The smallest absolute Gasteiger partial charge is 0.251 e. The number of nitrogens with one attached hydrogen (secondary N) is 3. The second-order valence-corrected chi connectivity index (χ2v) is 9.48. The average Bonchev–Trinajstić information content (AvgIpc) is 3.37. The molecule has 37 heavy (non-hydrogen) atoms. The lowest BCUT2D eigenvalue weighted by atomic mass is 10.0. The lowest BCUT2D eigenvalue weighted by Gasteiger charge is -2.26. The Morgan fingerprint density at radius 3 is 2.16 bits per heavy atom. The van der Waals surface area contributed by atoms with Crippen LogP contribution in [0, 0.1) is 5.92 Å². The first-order chi connectivity index (χ1) is 17.9. The van der Waals surface area contributed by atoms with Gasteiger partial charge in [0.15, 0.2) is 0 Å². The zero-order valence-corrected chi connectivity index (χ0v) is 21.0. The van der Waals surface area contributed by atoms with Gasteiger partial charge in [0.2, 0.25) is 17.7 Å². The third-order valence-electron chi connectivity index (χ3n) is 6.73. The molecule has 1 aliphatic carbocycles. The lowest BCUT2D eigenvalue weighted by Crippen LogP contribution is -2.56. The van der Waals surface area contributed by atoms with Crippen LogP contribution >= 0.6 is 0 Å². The Labute approximate surface area is 217 Å². The van der Waals surface area contributed by atoms with Gasteiger partial charge in [-0.15, -0.1) is 0 Å². The maximum atomic E-state index is 13.5. The first-order valence-corrected chi connectivity index (χ1v) is 12.9. The molecule has 9 heteroatoms. The maximum Gasteiger partial charge on any atom is 0.251 e. The van der Waals surface area contributed by atoms with Crippen LogP contribution in [0.4, 0.5) is 0 Å². The standard InChI is InChI=1S/C28H37N5O4/c29-17-8-7-15-23(27(36)31-22-16-9-14-21(22)25(30)34)32-28(37)24(18-19-10-3-1-4-11-19)33-26(35)20-12-5-2-6-13-20/h1-6,10-13,21-24H,7-9,14-18,29H2,(H2,30,34)(H,31,36)(H,32,37)(H,33,35)/t21-,22+,23+,24+/m1/s1. The minimum absolute atomic E-state index is 0.259. The molecule has 2 aromatic rings. The number of benzene rings is 2. The number of hydrogen-bond donors (Lipinski definition) is 5. The second kappa shape index (κ2) is 14.1. The molecule has 0 saturated heterocycles. The number of primary amides is 1. The summed E-state index contributed by atoms with van der Waals surface area (Å²) in [5.41, 5.74) is 12.5. The molecule has 0 aromatic heterocycles. The first-order valence-electron chi connectivity index (χ1n) is 12.9. The van der Waals surface area contributed by atoms with Crippen molar-refractivity contribution >= 4 is 23.6 Å². The van der Waals surface area contributed by atoms with Crippen molar-refractivity contribution in [3.05, 3.63) is 71.8 Å². The van der Waals surface area contributed by atoms with Crippen molar-refractivity contribution < 1.29 is 19.2 Å². The summed E-state index contributed by atoms with van der Waals surface area (Å²) in [6.45, 7) is 0.471. The van der Waals surface area contributed by atoms with Crippen molar-refractivity contribution in [1.82, 2.24) is 16.0 Å². The second-order valence-electron chi connectivity index (χ2n) is 9.48. The summed E-state index contributed by atoms with van der Waals surface area (Å²) >= 11 is 0. The van der Waals surface area contributed by atoms with Gasteiger partial charge in [-0.1, -0.05) is 55.0 Å². The Hall–Kier alpha value is -3.72. The molecule has 0 aliphatic heterocycles. The van der Waals surface area contributed by atoms with E-state index in [-0.39, 0.29) is 24.3 Å². The molecule has 0 heterocycles. The lowest BCUT2D eigenvalue weighted by molar-refractivity contribution is -0.131. The van der Waals surface area contributed by atoms with Crippen LogP contribution in [0.1, 0.15) is 54.4 Å². The van der Waals surface area contributed by atoms with Gasteiger partial charge in [-0.2, -0.15) is 0 Å². The molecule has 9 nitrogen and oxygen atoms in total. The van der Waals surface area contributed by atoms with Gasteiger partial charge in [-0.25, -0.2) is 0 Å². The van der Waals surface area contributed by atoms with E-state index in [4.69, 9.17) is 11.5 Å². The van der Waals surface area contributed by atoms with E-state index in [9.17, 15) is 19.2 Å². The van der Waals surface area contributed by atoms with Crippen LogP contribution in [0.15, 0.2) is 60.7 Å². The van der Waals surface area contributed by atoms with E-state index >= 15 is 0 Å². The molecule has 0 bridgehead atoms. The maximum absolute atomic E-state index is 13.5. The van der Waals surface area contributed by atoms with Gasteiger partial charge in [-0.3, -0.25) is 19.2 Å². The van der Waals surface area contributed by atoms with Crippen LogP contribution in [-0.4, -0.2) is 48.3 Å². The van der Waals surface area contributed by atoms with Crippen LogP contribution in [0.5, 0.6) is 0 Å². The number of rotatable bonds is 13.